The molecule has 1 atom stereocenters. The van der Waals surface area contributed by atoms with Gasteiger partial charge in [-0.1, -0.05) is 12.1 Å². The van der Waals surface area contributed by atoms with Gasteiger partial charge in [0.25, 0.3) is 17.5 Å². The summed E-state index contributed by atoms with van der Waals surface area (Å²) in [6.45, 7) is 2.66. The topological polar surface area (TPSA) is 137 Å². The number of anilines is 1. The number of aryl methyl sites for hydroxylation is 1. The average Bonchev–Trinajstić information content (AvgIpc) is 2.72. The summed E-state index contributed by atoms with van der Waals surface area (Å²) in [5, 5.41) is 15.8. The van der Waals surface area contributed by atoms with Crippen LogP contribution in [0.5, 0.6) is 5.75 Å². The molecule has 0 spiro atoms. The molecule has 0 aliphatic rings. The van der Waals surface area contributed by atoms with Crippen LogP contribution in [-0.2, 0) is 14.3 Å². The van der Waals surface area contributed by atoms with E-state index < -0.39 is 35.4 Å². The average molecular weight is 415 g/mol. The molecule has 0 radical (unpaired) electrons. The SMILES string of the molecule is COc1ccc(C)cc1NC(=O)COC(=O)C(C)NC(=O)c1cccc([N+](=O)[O-])c1. The molecule has 0 fully saturated rings. The van der Waals surface area contributed by atoms with Crippen molar-refractivity contribution >= 4 is 29.2 Å². The number of amides is 2. The number of nitro groups is 1. The first-order valence-electron chi connectivity index (χ1n) is 8.87. The summed E-state index contributed by atoms with van der Waals surface area (Å²) in [5.74, 6) is -1.64. The zero-order valence-corrected chi connectivity index (χ0v) is 16.6. The lowest BCUT2D eigenvalue weighted by Crippen LogP contribution is -2.40. The fourth-order valence-corrected chi connectivity index (χ4v) is 2.47. The Morgan fingerprint density at radius 1 is 1.17 bits per heavy atom. The summed E-state index contributed by atoms with van der Waals surface area (Å²) in [4.78, 5) is 46.5. The minimum absolute atomic E-state index is 0.0214. The van der Waals surface area contributed by atoms with Crippen molar-refractivity contribution in [2.24, 2.45) is 0 Å². The fourth-order valence-electron chi connectivity index (χ4n) is 2.47. The first-order chi connectivity index (χ1) is 14.2. The number of non-ortho nitro benzene ring substituents is 1. The molecule has 2 amide bonds. The number of nitrogens with zero attached hydrogens (tertiary/aromatic N) is 1. The van der Waals surface area contributed by atoms with Crippen molar-refractivity contribution in [1.82, 2.24) is 5.32 Å². The van der Waals surface area contributed by atoms with E-state index in [4.69, 9.17) is 9.47 Å². The Morgan fingerprint density at radius 3 is 2.57 bits per heavy atom. The Hall–Kier alpha value is -3.95. The van der Waals surface area contributed by atoms with E-state index >= 15 is 0 Å². The molecular formula is C20H21N3O7. The number of hydrogen-bond acceptors (Lipinski definition) is 7. The number of methoxy groups -OCH3 is 1. The quantitative estimate of drug-likeness (QED) is 0.383. The number of esters is 1. The minimum atomic E-state index is -1.07. The van der Waals surface area contributed by atoms with E-state index in [2.05, 4.69) is 10.6 Å². The van der Waals surface area contributed by atoms with E-state index in [1.807, 2.05) is 13.0 Å². The molecule has 2 aromatic carbocycles. The van der Waals surface area contributed by atoms with Gasteiger partial charge >= 0.3 is 5.97 Å². The van der Waals surface area contributed by atoms with Crippen molar-refractivity contribution in [3.8, 4) is 5.75 Å². The monoisotopic (exact) mass is 415 g/mol. The van der Waals surface area contributed by atoms with Gasteiger partial charge < -0.3 is 20.1 Å². The number of rotatable bonds is 8. The second-order valence-electron chi connectivity index (χ2n) is 6.36. The van der Waals surface area contributed by atoms with Crippen molar-refractivity contribution in [2.45, 2.75) is 19.9 Å². The van der Waals surface area contributed by atoms with E-state index in [1.165, 1.54) is 32.2 Å². The minimum Gasteiger partial charge on any atom is -0.495 e. The zero-order chi connectivity index (χ0) is 22.3. The predicted octanol–water partition coefficient (Wildman–Crippen LogP) is 2.21. The van der Waals surface area contributed by atoms with Crippen molar-refractivity contribution in [3.63, 3.8) is 0 Å². The lowest BCUT2D eigenvalue weighted by molar-refractivity contribution is -0.384. The summed E-state index contributed by atoms with van der Waals surface area (Å²) >= 11 is 0. The van der Waals surface area contributed by atoms with Gasteiger partial charge in [-0.05, 0) is 37.6 Å². The highest BCUT2D eigenvalue weighted by molar-refractivity contribution is 5.98. The van der Waals surface area contributed by atoms with Gasteiger partial charge in [-0.25, -0.2) is 4.79 Å². The third-order valence-electron chi connectivity index (χ3n) is 3.99. The summed E-state index contributed by atoms with van der Waals surface area (Å²) in [7, 11) is 1.46. The maximum Gasteiger partial charge on any atom is 0.328 e. The molecule has 158 valence electrons. The number of benzene rings is 2. The normalized spacial score (nSPS) is 11.2. The van der Waals surface area contributed by atoms with Gasteiger partial charge in [0.1, 0.15) is 11.8 Å². The third-order valence-corrected chi connectivity index (χ3v) is 3.99. The molecule has 30 heavy (non-hydrogen) atoms. The van der Waals surface area contributed by atoms with Gasteiger partial charge in [-0.3, -0.25) is 19.7 Å². The van der Waals surface area contributed by atoms with Crippen molar-refractivity contribution in [2.75, 3.05) is 19.0 Å². The number of carbonyl (C=O) groups excluding carboxylic acids is 3. The van der Waals surface area contributed by atoms with Gasteiger partial charge in [0.2, 0.25) is 0 Å². The highest BCUT2D eigenvalue weighted by atomic mass is 16.6. The smallest absolute Gasteiger partial charge is 0.328 e. The molecule has 2 rings (SSSR count). The van der Waals surface area contributed by atoms with Crippen LogP contribution in [0.25, 0.3) is 0 Å². The molecule has 10 nitrogen and oxygen atoms in total. The van der Waals surface area contributed by atoms with Crippen molar-refractivity contribution in [3.05, 3.63) is 63.7 Å². The number of ether oxygens (including phenoxy) is 2. The maximum absolute atomic E-state index is 12.2. The van der Waals surface area contributed by atoms with Crippen LogP contribution in [0.2, 0.25) is 0 Å². The third kappa shape index (κ3) is 6.03. The number of carbonyl (C=O) groups is 3. The Balaban J connectivity index is 1.89. The number of nitro benzene ring substituents is 1. The number of hydrogen-bond donors (Lipinski definition) is 2. The molecule has 2 N–H and O–H groups in total. The molecule has 0 saturated carbocycles. The van der Waals surface area contributed by atoms with Crippen LogP contribution in [0.15, 0.2) is 42.5 Å². The Labute approximate surface area is 172 Å². The summed E-state index contributed by atoms with van der Waals surface area (Å²) < 4.78 is 10.1. The summed E-state index contributed by atoms with van der Waals surface area (Å²) in [6.07, 6.45) is 0. The molecule has 0 aliphatic carbocycles. The van der Waals surface area contributed by atoms with Crippen LogP contribution in [0.4, 0.5) is 11.4 Å². The van der Waals surface area contributed by atoms with Gasteiger partial charge in [0.15, 0.2) is 6.61 Å². The molecule has 0 bridgehead atoms. The molecule has 0 aromatic heterocycles. The predicted molar refractivity (Wildman–Crippen MR) is 107 cm³/mol. The van der Waals surface area contributed by atoms with Gasteiger partial charge in [0, 0.05) is 17.7 Å². The lowest BCUT2D eigenvalue weighted by Gasteiger charge is -2.14. The molecular weight excluding hydrogens is 394 g/mol. The van der Waals surface area contributed by atoms with E-state index in [0.29, 0.717) is 11.4 Å². The molecule has 0 saturated heterocycles. The van der Waals surface area contributed by atoms with Crippen LogP contribution >= 0.6 is 0 Å². The standard InChI is InChI=1S/C20H21N3O7/c1-12-7-8-17(29-3)16(9-12)22-18(24)11-30-20(26)13(2)21-19(25)14-5-4-6-15(10-14)23(27)28/h4-10,13H,11H2,1-3H3,(H,21,25)(H,22,24). The molecule has 0 aliphatic heterocycles. The van der Waals surface area contributed by atoms with Gasteiger partial charge in [-0.15, -0.1) is 0 Å². The van der Waals surface area contributed by atoms with E-state index in [1.54, 1.807) is 12.1 Å². The molecule has 2 aromatic rings. The highest BCUT2D eigenvalue weighted by Gasteiger charge is 2.20. The Bertz CT molecular complexity index is 975. The van der Waals surface area contributed by atoms with Gasteiger partial charge in [0.05, 0.1) is 17.7 Å². The zero-order valence-electron chi connectivity index (χ0n) is 16.6. The van der Waals surface area contributed by atoms with Crippen LogP contribution in [0.1, 0.15) is 22.8 Å². The van der Waals surface area contributed by atoms with Crippen LogP contribution in [-0.4, -0.2) is 42.5 Å². The van der Waals surface area contributed by atoms with Gasteiger partial charge in [-0.2, -0.15) is 0 Å². The Morgan fingerprint density at radius 2 is 1.90 bits per heavy atom. The van der Waals surface area contributed by atoms with Crippen LogP contribution < -0.4 is 15.4 Å². The fraction of sp³-hybridized carbons (Fsp3) is 0.250. The highest BCUT2D eigenvalue weighted by Crippen LogP contribution is 2.25. The van der Waals surface area contributed by atoms with E-state index in [9.17, 15) is 24.5 Å². The van der Waals surface area contributed by atoms with Crippen molar-refractivity contribution < 1.29 is 28.8 Å². The maximum atomic E-state index is 12.2. The number of nitrogens with one attached hydrogen (secondary N) is 2. The summed E-state index contributed by atoms with van der Waals surface area (Å²) in [6, 6.07) is 9.23. The molecule has 0 heterocycles. The second-order valence-corrected chi connectivity index (χ2v) is 6.36. The van der Waals surface area contributed by atoms with Crippen LogP contribution in [0.3, 0.4) is 0 Å². The summed E-state index contributed by atoms with van der Waals surface area (Å²) in [5.41, 5.74) is 1.11. The van der Waals surface area contributed by atoms with E-state index in [0.717, 1.165) is 11.6 Å². The Kier molecular flexibility index (Phi) is 7.45. The van der Waals surface area contributed by atoms with E-state index in [-0.39, 0.29) is 11.3 Å². The van der Waals surface area contributed by atoms with Crippen molar-refractivity contribution in [1.29, 1.82) is 0 Å². The van der Waals surface area contributed by atoms with Crippen LogP contribution in [0, 0.1) is 17.0 Å². The molecule has 10 heteroatoms. The molecule has 1 unspecified atom stereocenters. The largest absolute Gasteiger partial charge is 0.495 e. The second kappa shape index (κ2) is 10.0. The first kappa shape index (κ1) is 22.3. The lowest BCUT2D eigenvalue weighted by atomic mass is 10.2. The first-order valence-corrected chi connectivity index (χ1v) is 8.87.